The van der Waals surface area contributed by atoms with Crippen LogP contribution in [0.25, 0.3) is 11.0 Å². The molecule has 0 aliphatic carbocycles. The van der Waals surface area contributed by atoms with Gasteiger partial charge in [-0.1, -0.05) is 12.1 Å². The van der Waals surface area contributed by atoms with Crippen molar-refractivity contribution in [3.05, 3.63) is 59.9 Å². The third kappa shape index (κ3) is 3.44. The third-order valence-corrected chi connectivity index (χ3v) is 4.22. The van der Waals surface area contributed by atoms with Crippen LogP contribution in [0, 0.1) is 12.7 Å². The summed E-state index contributed by atoms with van der Waals surface area (Å²) in [5, 5.41) is 21.4. The molecule has 0 aliphatic heterocycles. The lowest BCUT2D eigenvalue weighted by atomic mass is 10.0. The first kappa shape index (κ1) is 16.5. The molecule has 2 aromatic heterocycles. The summed E-state index contributed by atoms with van der Waals surface area (Å²) in [6.45, 7) is 1.90. The fraction of sp³-hybridized carbons (Fsp3) is 0.333. The van der Waals surface area contributed by atoms with Gasteiger partial charge in [0.05, 0.1) is 11.8 Å². The predicted molar refractivity (Wildman–Crippen MR) is 88.7 cm³/mol. The average Bonchev–Trinajstić information content (AvgIpc) is 3.01. The molecule has 0 saturated carbocycles. The van der Waals surface area contributed by atoms with E-state index in [9.17, 15) is 14.6 Å². The molecule has 2 heterocycles. The number of nitrogens with zero attached hydrogens (tertiary/aromatic N) is 3. The quantitative estimate of drug-likeness (QED) is 0.728. The number of halogens is 1. The van der Waals surface area contributed by atoms with Crippen molar-refractivity contribution in [2.24, 2.45) is 0 Å². The summed E-state index contributed by atoms with van der Waals surface area (Å²) < 4.78 is 14.6. The lowest BCUT2D eigenvalue weighted by Crippen LogP contribution is -2.08. The van der Waals surface area contributed by atoms with Crippen molar-refractivity contribution in [2.75, 3.05) is 0 Å². The van der Waals surface area contributed by atoms with E-state index in [0.29, 0.717) is 30.5 Å². The number of hydrogen-bond donors (Lipinski definition) is 2. The number of aliphatic hydroxyl groups is 2. The fourth-order valence-electron chi connectivity index (χ4n) is 2.82. The Hall–Kier alpha value is -2.31. The van der Waals surface area contributed by atoms with Gasteiger partial charge in [0.15, 0.2) is 0 Å². The number of aliphatic hydroxyl groups excluding tert-OH is 2. The maximum Gasteiger partial charge on any atom is 0.145 e. The molecule has 3 rings (SSSR count). The molecular weight excluding hydrogens is 309 g/mol. The predicted octanol–water partition coefficient (Wildman–Crippen LogP) is 3.27. The fourth-order valence-corrected chi connectivity index (χ4v) is 2.82. The smallest absolute Gasteiger partial charge is 0.145 e. The Balaban J connectivity index is 1.60. The molecule has 0 aliphatic rings. The summed E-state index contributed by atoms with van der Waals surface area (Å²) in [7, 11) is 0. The number of aryl methyl sites for hydroxylation is 1. The van der Waals surface area contributed by atoms with Gasteiger partial charge in [-0.15, -0.1) is 0 Å². The molecule has 0 saturated heterocycles. The van der Waals surface area contributed by atoms with Crippen molar-refractivity contribution >= 4 is 11.0 Å². The topological polar surface area (TPSA) is 71.2 Å². The van der Waals surface area contributed by atoms with Crippen molar-refractivity contribution in [1.29, 1.82) is 0 Å². The summed E-state index contributed by atoms with van der Waals surface area (Å²) in [5.74, 6) is -0.321. The normalized spacial score (nSPS) is 14.0. The van der Waals surface area contributed by atoms with E-state index in [-0.39, 0.29) is 5.82 Å². The molecule has 2 atom stereocenters. The Bertz CT molecular complexity index is 817. The van der Waals surface area contributed by atoms with E-state index >= 15 is 0 Å². The van der Waals surface area contributed by atoms with E-state index in [2.05, 4.69) is 9.97 Å². The molecule has 5 nitrogen and oxygen atoms in total. The second kappa shape index (κ2) is 7.07. The van der Waals surface area contributed by atoms with Gasteiger partial charge in [0.1, 0.15) is 24.0 Å². The molecule has 6 heteroatoms. The summed E-state index contributed by atoms with van der Waals surface area (Å²) in [6.07, 6.45) is 3.53. The summed E-state index contributed by atoms with van der Waals surface area (Å²) in [5.41, 5.74) is 2.26. The van der Waals surface area contributed by atoms with Gasteiger partial charge in [-0.05, 0) is 49.9 Å². The standard InChI is InChI=1S/C18H20FN3O2/c1-12-15-9-10-22(18(15)21-11-20-12)17(24)4-2-3-16(23)13-5-7-14(19)8-6-13/h5-11,16-17,23-24H,2-4H2,1H3/t16-,17-/m1/s1. The van der Waals surface area contributed by atoms with E-state index < -0.39 is 12.3 Å². The number of aromatic nitrogens is 3. The van der Waals surface area contributed by atoms with Crippen LogP contribution >= 0.6 is 0 Å². The molecule has 3 aromatic rings. The molecule has 0 bridgehead atoms. The van der Waals surface area contributed by atoms with Crippen LogP contribution in [0.1, 0.15) is 42.9 Å². The van der Waals surface area contributed by atoms with Crippen LogP contribution in [0.5, 0.6) is 0 Å². The van der Waals surface area contributed by atoms with Gasteiger partial charge >= 0.3 is 0 Å². The molecular formula is C18H20FN3O2. The number of fused-ring (bicyclic) bond motifs is 1. The van der Waals surface area contributed by atoms with Gasteiger partial charge in [0, 0.05) is 11.6 Å². The highest BCUT2D eigenvalue weighted by Gasteiger charge is 2.14. The molecule has 0 unspecified atom stereocenters. The second-order valence-corrected chi connectivity index (χ2v) is 5.90. The SMILES string of the molecule is Cc1ncnc2c1ccn2[C@H](O)CCC[C@@H](O)c1ccc(F)cc1. The van der Waals surface area contributed by atoms with Crippen molar-refractivity contribution < 1.29 is 14.6 Å². The van der Waals surface area contributed by atoms with E-state index in [1.54, 1.807) is 22.9 Å². The van der Waals surface area contributed by atoms with Gasteiger partial charge in [-0.2, -0.15) is 0 Å². The van der Waals surface area contributed by atoms with Crippen molar-refractivity contribution in [3.63, 3.8) is 0 Å². The Morgan fingerprint density at radius 1 is 1.08 bits per heavy atom. The van der Waals surface area contributed by atoms with Crippen LogP contribution in [0.2, 0.25) is 0 Å². The molecule has 0 radical (unpaired) electrons. The summed E-state index contributed by atoms with van der Waals surface area (Å²) in [6, 6.07) is 7.72. The number of benzene rings is 1. The first-order valence-corrected chi connectivity index (χ1v) is 7.96. The maximum atomic E-state index is 12.9. The van der Waals surface area contributed by atoms with Gasteiger partial charge in [-0.3, -0.25) is 0 Å². The Labute approximate surface area is 139 Å². The van der Waals surface area contributed by atoms with E-state index in [1.807, 2.05) is 13.0 Å². The van der Waals surface area contributed by atoms with Crippen LogP contribution in [0.3, 0.4) is 0 Å². The number of rotatable bonds is 6. The lowest BCUT2D eigenvalue weighted by Gasteiger charge is -2.15. The third-order valence-electron chi connectivity index (χ3n) is 4.22. The highest BCUT2D eigenvalue weighted by Crippen LogP contribution is 2.24. The average molecular weight is 329 g/mol. The van der Waals surface area contributed by atoms with Crippen LogP contribution in [-0.4, -0.2) is 24.7 Å². The minimum atomic E-state index is -0.711. The first-order valence-electron chi connectivity index (χ1n) is 7.96. The Morgan fingerprint density at radius 2 is 1.83 bits per heavy atom. The minimum Gasteiger partial charge on any atom is -0.388 e. The highest BCUT2D eigenvalue weighted by molar-refractivity contribution is 5.78. The van der Waals surface area contributed by atoms with Crippen LogP contribution in [-0.2, 0) is 0 Å². The molecule has 24 heavy (non-hydrogen) atoms. The van der Waals surface area contributed by atoms with Gasteiger partial charge in [0.25, 0.3) is 0 Å². The molecule has 126 valence electrons. The van der Waals surface area contributed by atoms with Gasteiger partial charge < -0.3 is 14.8 Å². The molecule has 0 amide bonds. The largest absolute Gasteiger partial charge is 0.388 e. The zero-order chi connectivity index (χ0) is 17.1. The minimum absolute atomic E-state index is 0.321. The van der Waals surface area contributed by atoms with Crippen molar-refractivity contribution in [3.8, 4) is 0 Å². The summed E-state index contributed by atoms with van der Waals surface area (Å²) in [4.78, 5) is 8.37. The highest BCUT2D eigenvalue weighted by atomic mass is 19.1. The number of hydrogen-bond acceptors (Lipinski definition) is 4. The molecule has 0 fully saturated rings. The maximum absolute atomic E-state index is 12.9. The summed E-state index contributed by atoms with van der Waals surface area (Å²) >= 11 is 0. The zero-order valence-corrected chi connectivity index (χ0v) is 13.4. The Kier molecular flexibility index (Phi) is 4.87. The Morgan fingerprint density at radius 3 is 2.58 bits per heavy atom. The van der Waals surface area contributed by atoms with Gasteiger partial charge in [0.2, 0.25) is 0 Å². The lowest BCUT2D eigenvalue weighted by molar-refractivity contribution is 0.0867. The zero-order valence-electron chi connectivity index (χ0n) is 13.4. The van der Waals surface area contributed by atoms with Crippen molar-refractivity contribution in [1.82, 2.24) is 14.5 Å². The molecule has 0 spiro atoms. The van der Waals surface area contributed by atoms with E-state index in [0.717, 1.165) is 11.1 Å². The van der Waals surface area contributed by atoms with E-state index in [1.165, 1.54) is 18.5 Å². The van der Waals surface area contributed by atoms with Crippen LogP contribution in [0.15, 0.2) is 42.9 Å². The molecule has 2 N–H and O–H groups in total. The van der Waals surface area contributed by atoms with Crippen molar-refractivity contribution in [2.45, 2.75) is 38.5 Å². The monoisotopic (exact) mass is 329 g/mol. The first-order chi connectivity index (χ1) is 11.6. The van der Waals surface area contributed by atoms with Crippen LogP contribution < -0.4 is 0 Å². The second-order valence-electron chi connectivity index (χ2n) is 5.90. The van der Waals surface area contributed by atoms with Crippen LogP contribution in [0.4, 0.5) is 4.39 Å². The van der Waals surface area contributed by atoms with Gasteiger partial charge in [-0.25, -0.2) is 14.4 Å². The van der Waals surface area contributed by atoms with E-state index in [4.69, 9.17) is 0 Å². The molecule has 1 aromatic carbocycles.